The van der Waals surface area contributed by atoms with Gasteiger partial charge in [-0.3, -0.25) is 4.98 Å². The zero-order chi connectivity index (χ0) is 15.0. The maximum absolute atomic E-state index is 6.79. The molecule has 0 aromatic carbocycles. The van der Waals surface area contributed by atoms with Crippen LogP contribution >= 0.6 is 11.6 Å². The summed E-state index contributed by atoms with van der Waals surface area (Å²) in [6, 6.07) is 4.35. The van der Waals surface area contributed by atoms with Gasteiger partial charge in [-0.25, -0.2) is 0 Å². The summed E-state index contributed by atoms with van der Waals surface area (Å²) in [5.41, 5.74) is 3.07. The van der Waals surface area contributed by atoms with Gasteiger partial charge < -0.3 is 0 Å². The first-order chi connectivity index (χ1) is 10.00. The van der Waals surface area contributed by atoms with Crippen LogP contribution in [0.5, 0.6) is 0 Å². The maximum atomic E-state index is 6.79. The average Bonchev–Trinajstić information content (AvgIpc) is 2.46. The number of fused-ring (bicyclic) bond motifs is 1. The molecular formula is C19H28ClN. The van der Waals surface area contributed by atoms with Crippen molar-refractivity contribution in [1.82, 2.24) is 4.98 Å². The van der Waals surface area contributed by atoms with E-state index in [4.69, 9.17) is 16.6 Å². The minimum Gasteiger partial charge on any atom is -0.261 e. The van der Waals surface area contributed by atoms with Gasteiger partial charge in [-0.1, -0.05) is 33.3 Å². The van der Waals surface area contributed by atoms with Gasteiger partial charge in [0.05, 0.1) is 0 Å². The van der Waals surface area contributed by atoms with Crippen molar-refractivity contribution in [2.24, 2.45) is 17.3 Å². The van der Waals surface area contributed by atoms with E-state index < -0.39 is 0 Å². The Morgan fingerprint density at radius 2 is 2.05 bits per heavy atom. The summed E-state index contributed by atoms with van der Waals surface area (Å²) in [5.74, 6) is 1.98. The number of rotatable bonds is 2. The van der Waals surface area contributed by atoms with E-state index in [-0.39, 0.29) is 5.41 Å². The lowest BCUT2D eigenvalue weighted by atomic mass is 9.59. The van der Waals surface area contributed by atoms with Crippen molar-refractivity contribution in [2.45, 2.75) is 70.6 Å². The predicted molar refractivity (Wildman–Crippen MR) is 89.8 cm³/mol. The number of alkyl halides is 1. The van der Waals surface area contributed by atoms with Crippen molar-refractivity contribution >= 4 is 11.6 Å². The molecular weight excluding hydrogens is 278 g/mol. The van der Waals surface area contributed by atoms with Crippen LogP contribution in [0.3, 0.4) is 0 Å². The van der Waals surface area contributed by atoms with Crippen LogP contribution < -0.4 is 0 Å². The third-order valence-corrected chi connectivity index (χ3v) is 6.57. The number of hydrogen-bond donors (Lipinski definition) is 0. The number of aromatic nitrogens is 1. The molecule has 3 rings (SSSR count). The minimum atomic E-state index is 0.246. The highest BCUT2D eigenvalue weighted by atomic mass is 35.5. The van der Waals surface area contributed by atoms with Crippen LogP contribution in [-0.2, 0) is 6.42 Å². The zero-order valence-electron chi connectivity index (χ0n) is 13.6. The van der Waals surface area contributed by atoms with Crippen molar-refractivity contribution in [2.75, 3.05) is 0 Å². The monoisotopic (exact) mass is 305 g/mol. The maximum Gasteiger partial charge on any atom is 0.0471 e. The third-order valence-electron chi connectivity index (χ3n) is 6.08. The third kappa shape index (κ3) is 2.86. The second-order valence-electron chi connectivity index (χ2n) is 7.85. The van der Waals surface area contributed by atoms with Crippen LogP contribution in [0.4, 0.5) is 0 Å². The van der Waals surface area contributed by atoms with Gasteiger partial charge in [0.15, 0.2) is 0 Å². The van der Waals surface area contributed by atoms with Crippen LogP contribution in [-0.4, -0.2) is 10.4 Å². The van der Waals surface area contributed by atoms with E-state index in [1.165, 1.54) is 49.8 Å². The van der Waals surface area contributed by atoms with Gasteiger partial charge in [-0.05, 0) is 61.0 Å². The van der Waals surface area contributed by atoms with Crippen molar-refractivity contribution < 1.29 is 0 Å². The molecule has 0 saturated heterocycles. The SMILES string of the molecule is CC1CCC(C(C)(C)C2CCCc3cccnc32)C(Cl)C1. The fourth-order valence-electron chi connectivity index (χ4n) is 4.74. The highest BCUT2D eigenvalue weighted by molar-refractivity contribution is 6.20. The Kier molecular flexibility index (Phi) is 4.32. The summed E-state index contributed by atoms with van der Waals surface area (Å²) in [7, 11) is 0. The summed E-state index contributed by atoms with van der Waals surface area (Å²) >= 11 is 6.79. The molecule has 1 aromatic rings. The fourth-order valence-corrected chi connectivity index (χ4v) is 5.50. The molecule has 4 atom stereocenters. The van der Waals surface area contributed by atoms with Crippen molar-refractivity contribution in [3.05, 3.63) is 29.6 Å². The van der Waals surface area contributed by atoms with E-state index in [0.29, 0.717) is 17.2 Å². The molecule has 2 aliphatic rings. The molecule has 2 heteroatoms. The van der Waals surface area contributed by atoms with Crippen LogP contribution in [0.2, 0.25) is 0 Å². The van der Waals surface area contributed by atoms with E-state index in [0.717, 1.165) is 5.92 Å². The topological polar surface area (TPSA) is 12.9 Å². The molecule has 0 N–H and O–H groups in total. The van der Waals surface area contributed by atoms with Gasteiger partial charge >= 0.3 is 0 Å². The van der Waals surface area contributed by atoms with E-state index in [9.17, 15) is 0 Å². The molecule has 116 valence electrons. The highest BCUT2D eigenvalue weighted by Crippen LogP contribution is 2.52. The minimum absolute atomic E-state index is 0.246. The molecule has 0 spiro atoms. The first-order valence-electron chi connectivity index (χ1n) is 8.58. The number of hydrogen-bond acceptors (Lipinski definition) is 1. The Morgan fingerprint density at radius 3 is 2.81 bits per heavy atom. The smallest absolute Gasteiger partial charge is 0.0471 e. The largest absolute Gasteiger partial charge is 0.261 e. The van der Waals surface area contributed by atoms with Crippen molar-refractivity contribution in [3.63, 3.8) is 0 Å². The Balaban J connectivity index is 1.88. The van der Waals surface area contributed by atoms with Gasteiger partial charge in [0.25, 0.3) is 0 Å². The summed E-state index contributed by atoms with van der Waals surface area (Å²) in [6.45, 7) is 7.23. The summed E-state index contributed by atoms with van der Waals surface area (Å²) < 4.78 is 0. The lowest BCUT2D eigenvalue weighted by Gasteiger charge is -2.47. The Hall–Kier alpha value is -0.560. The molecule has 0 aliphatic heterocycles. The van der Waals surface area contributed by atoms with Gasteiger partial charge in [-0.15, -0.1) is 11.6 Å². The Labute approximate surface area is 134 Å². The Bertz CT molecular complexity index is 496. The second-order valence-corrected chi connectivity index (χ2v) is 8.42. The van der Waals surface area contributed by atoms with Gasteiger partial charge in [0.1, 0.15) is 0 Å². The van der Waals surface area contributed by atoms with Crippen molar-refractivity contribution in [3.8, 4) is 0 Å². The Morgan fingerprint density at radius 1 is 1.24 bits per heavy atom. The summed E-state index contributed by atoms with van der Waals surface area (Å²) in [4.78, 5) is 4.76. The summed E-state index contributed by atoms with van der Waals surface area (Å²) in [6.07, 6.45) is 9.52. The molecule has 1 aromatic heterocycles. The molecule has 0 amide bonds. The van der Waals surface area contributed by atoms with E-state index in [1.807, 2.05) is 6.20 Å². The predicted octanol–water partition coefficient (Wildman–Crippen LogP) is 5.57. The standard InChI is InChI=1S/C19H28ClN/c1-13-9-10-15(17(20)12-13)19(2,3)16-8-4-6-14-7-5-11-21-18(14)16/h5,7,11,13,15-17H,4,6,8-10,12H2,1-3H3. The molecule has 1 heterocycles. The van der Waals surface area contributed by atoms with Crippen molar-refractivity contribution in [1.29, 1.82) is 0 Å². The lowest BCUT2D eigenvalue weighted by Crippen LogP contribution is -2.41. The molecule has 1 nitrogen and oxygen atoms in total. The normalized spacial score (nSPS) is 33.5. The number of aryl methyl sites for hydroxylation is 1. The summed E-state index contributed by atoms with van der Waals surface area (Å²) in [5, 5.41) is 0.331. The molecule has 0 radical (unpaired) electrons. The first-order valence-corrected chi connectivity index (χ1v) is 9.01. The lowest BCUT2D eigenvalue weighted by molar-refractivity contribution is 0.100. The average molecular weight is 306 g/mol. The van der Waals surface area contributed by atoms with Crippen LogP contribution in [0.25, 0.3) is 0 Å². The van der Waals surface area contributed by atoms with E-state index >= 15 is 0 Å². The van der Waals surface area contributed by atoms with E-state index in [2.05, 4.69) is 32.9 Å². The highest BCUT2D eigenvalue weighted by Gasteiger charge is 2.44. The quantitative estimate of drug-likeness (QED) is 0.651. The van der Waals surface area contributed by atoms with Crippen LogP contribution in [0.1, 0.15) is 70.1 Å². The van der Waals surface area contributed by atoms with Crippen LogP contribution in [0, 0.1) is 17.3 Å². The number of pyridine rings is 1. The fraction of sp³-hybridized carbons (Fsp3) is 0.737. The van der Waals surface area contributed by atoms with Gasteiger partial charge in [0, 0.05) is 23.2 Å². The van der Waals surface area contributed by atoms with E-state index in [1.54, 1.807) is 0 Å². The molecule has 1 fully saturated rings. The molecule has 4 unspecified atom stereocenters. The van der Waals surface area contributed by atoms with Crippen LogP contribution in [0.15, 0.2) is 18.3 Å². The molecule has 2 aliphatic carbocycles. The first kappa shape index (κ1) is 15.3. The number of halogens is 1. The zero-order valence-corrected chi connectivity index (χ0v) is 14.4. The second kappa shape index (κ2) is 5.91. The molecule has 1 saturated carbocycles. The molecule has 0 bridgehead atoms. The van der Waals surface area contributed by atoms with Gasteiger partial charge in [0.2, 0.25) is 0 Å². The number of nitrogens with zero attached hydrogens (tertiary/aromatic N) is 1. The van der Waals surface area contributed by atoms with Gasteiger partial charge in [-0.2, -0.15) is 0 Å². The molecule has 21 heavy (non-hydrogen) atoms.